The van der Waals surface area contributed by atoms with Crippen molar-refractivity contribution in [1.29, 1.82) is 0 Å². The smallest absolute Gasteiger partial charge is 0.389 e. The van der Waals surface area contributed by atoms with Gasteiger partial charge >= 0.3 is 23.5 Å². The maximum atomic E-state index is 12.6. The number of thiocarbonyl (C=S) groups is 1. The Labute approximate surface area is 274 Å². The van der Waals surface area contributed by atoms with Crippen LogP contribution in [0.25, 0.3) is 11.2 Å². The maximum absolute atomic E-state index is 12.6. The summed E-state index contributed by atoms with van der Waals surface area (Å²) >= 11 is 4.92. The first-order valence-electron chi connectivity index (χ1n) is 13.3. The number of imidazole rings is 1. The van der Waals surface area contributed by atoms with Crippen molar-refractivity contribution in [3.8, 4) is 0 Å². The van der Waals surface area contributed by atoms with Gasteiger partial charge in [0, 0.05) is 6.07 Å². The second-order valence-corrected chi connectivity index (χ2v) is 14.9. The number of hydrogen-bond donors (Lipinski definition) is 9. The van der Waals surface area contributed by atoms with Gasteiger partial charge in [0.05, 0.1) is 25.1 Å². The number of rotatable bonds is 13. The molecule has 48 heavy (non-hydrogen) atoms. The van der Waals surface area contributed by atoms with Crippen LogP contribution in [0.1, 0.15) is 18.0 Å². The highest BCUT2D eigenvalue weighted by molar-refractivity contribution is 7.80. The van der Waals surface area contributed by atoms with E-state index in [4.69, 9.17) is 46.7 Å². The van der Waals surface area contributed by atoms with Gasteiger partial charge in [-0.1, -0.05) is 12.2 Å². The van der Waals surface area contributed by atoms with Gasteiger partial charge in [-0.05, 0) is 6.07 Å². The molecule has 0 amide bonds. The van der Waals surface area contributed by atoms with Crippen LogP contribution in [0.2, 0.25) is 0 Å². The summed E-state index contributed by atoms with van der Waals surface area (Å²) in [5.74, 6) is -0.0510. The molecule has 2 fully saturated rings. The third-order valence-electron chi connectivity index (χ3n) is 6.98. The monoisotopic (exact) mass is 760 g/mol. The van der Waals surface area contributed by atoms with Crippen molar-refractivity contribution in [3.63, 3.8) is 0 Å². The van der Waals surface area contributed by atoms with Crippen LogP contribution in [-0.4, -0.2) is 109 Å². The highest BCUT2D eigenvalue weighted by atomic mass is 32.1. The van der Waals surface area contributed by atoms with Gasteiger partial charge in [-0.15, -0.1) is 0 Å². The van der Waals surface area contributed by atoms with E-state index in [1.54, 1.807) is 12.1 Å². The average molecular weight is 760 g/mol. The molecule has 5 heterocycles. The first kappa shape index (κ1) is 36.8. The Morgan fingerprint density at radius 1 is 0.979 bits per heavy atom. The van der Waals surface area contributed by atoms with Crippen molar-refractivity contribution >= 4 is 57.7 Å². The minimum Gasteiger partial charge on any atom is -0.389 e. The number of phosphoric acid groups is 3. The van der Waals surface area contributed by atoms with Gasteiger partial charge in [0.1, 0.15) is 47.4 Å². The summed E-state index contributed by atoms with van der Waals surface area (Å²) in [6.07, 6.45) is -7.76. The van der Waals surface area contributed by atoms with E-state index in [1.165, 1.54) is 17.0 Å². The predicted octanol–water partition coefficient (Wildman–Crippen LogP) is -2.36. The number of aliphatic hydroxyl groups is 3. The van der Waals surface area contributed by atoms with Crippen molar-refractivity contribution in [2.75, 3.05) is 18.9 Å². The number of nitrogen functional groups attached to an aromatic ring is 1. The van der Waals surface area contributed by atoms with E-state index >= 15 is 0 Å². The van der Waals surface area contributed by atoms with Crippen molar-refractivity contribution in [3.05, 3.63) is 42.7 Å². The van der Waals surface area contributed by atoms with Crippen LogP contribution in [0.5, 0.6) is 0 Å². The van der Waals surface area contributed by atoms with E-state index < -0.39 is 85.8 Å². The number of aromatic nitrogens is 5. The zero-order chi connectivity index (χ0) is 35.2. The molecule has 0 spiro atoms. The van der Waals surface area contributed by atoms with Crippen LogP contribution >= 0.6 is 35.7 Å². The number of hydrogen-bond acceptors (Lipinski definition) is 17. The second-order valence-electron chi connectivity index (χ2n) is 10.3. The third kappa shape index (κ3) is 8.29. The number of fused-ring (bicyclic) bond motifs is 1. The zero-order valence-electron chi connectivity index (χ0n) is 23.9. The number of nitrogens with two attached hydrogens (primary N) is 2. The fourth-order valence-electron chi connectivity index (χ4n) is 4.83. The number of anilines is 1. The fourth-order valence-corrected chi connectivity index (χ4v) is 7.59. The molecule has 0 aliphatic carbocycles. The molecule has 0 radical (unpaired) electrons. The molecule has 3 aromatic heterocycles. The lowest BCUT2D eigenvalue weighted by atomic mass is 10.1. The topological polar surface area (TPSA) is 348 Å². The molecule has 11 N–H and O–H groups in total. The van der Waals surface area contributed by atoms with Crippen molar-refractivity contribution in [2.24, 2.45) is 5.73 Å². The summed E-state index contributed by atoms with van der Waals surface area (Å²) in [6.45, 7) is -1.98. The summed E-state index contributed by atoms with van der Waals surface area (Å²) < 4.78 is 68.7. The Hall–Kier alpha value is -2.44. The Morgan fingerprint density at radius 2 is 1.62 bits per heavy atom. The van der Waals surface area contributed by atoms with E-state index in [0.29, 0.717) is 5.56 Å². The molecular formula is C21H29N7O16P3S+. The Morgan fingerprint density at radius 3 is 2.25 bits per heavy atom. The lowest BCUT2D eigenvalue weighted by Gasteiger charge is -2.22. The molecule has 0 saturated carbocycles. The van der Waals surface area contributed by atoms with E-state index in [2.05, 4.69) is 19.3 Å². The number of phosphoric ester groups is 3. The summed E-state index contributed by atoms with van der Waals surface area (Å²) in [6, 6.07) is 3.13. The van der Waals surface area contributed by atoms with Gasteiger partial charge in [0.2, 0.25) is 0 Å². The minimum atomic E-state index is -5.50. The molecule has 2 unspecified atom stereocenters. The van der Waals surface area contributed by atoms with Crippen LogP contribution in [0, 0.1) is 0 Å². The molecule has 27 heteroatoms. The Balaban J connectivity index is 1.21. The summed E-state index contributed by atoms with van der Waals surface area (Å²) in [4.78, 5) is 50.8. The second kappa shape index (κ2) is 14.1. The first-order chi connectivity index (χ1) is 22.4. The van der Waals surface area contributed by atoms with Gasteiger partial charge in [-0.2, -0.15) is 8.88 Å². The standard InChI is InChI=1S/C21H28N7O16P3S/c22-17-12-19(25-7-24-17)28(8-26-12)21-16(43-45(32,33)34)14(30)11(42-21)6-40-47(37,38)44-46(35,36)39-5-10-13(29)15(31)20(41-10)27-3-1-2-9(4-27)18(23)48/h1-4,7-8,10-11,13-16,20-21,29-31H,5-6H2,(H7-,22,23,24,25,32,33,34,35,36,37,38,48)/p+1/t10-,11+,13-,14+,15-,16+,20-,21+/m0/s1. The highest BCUT2D eigenvalue weighted by Gasteiger charge is 2.51. The number of aliphatic hydroxyl groups excluding tert-OH is 3. The van der Waals surface area contributed by atoms with Gasteiger partial charge in [0.25, 0.3) is 6.23 Å². The lowest BCUT2D eigenvalue weighted by molar-refractivity contribution is -0.765. The zero-order valence-corrected chi connectivity index (χ0v) is 27.4. The largest absolute Gasteiger partial charge is 0.481 e. The molecule has 2 aliphatic rings. The molecular weight excluding hydrogens is 731 g/mol. The van der Waals surface area contributed by atoms with Gasteiger partial charge in [-0.3, -0.25) is 18.1 Å². The molecule has 10 atom stereocenters. The van der Waals surface area contributed by atoms with Crippen molar-refractivity contribution < 1.29 is 80.5 Å². The predicted molar refractivity (Wildman–Crippen MR) is 158 cm³/mol. The van der Waals surface area contributed by atoms with E-state index in [9.17, 15) is 48.6 Å². The lowest BCUT2D eigenvalue weighted by Crippen LogP contribution is -2.46. The first-order valence-corrected chi connectivity index (χ1v) is 18.3. The molecule has 264 valence electrons. The van der Waals surface area contributed by atoms with Gasteiger partial charge in [-0.25, -0.2) is 28.6 Å². The Bertz CT molecular complexity index is 1820. The number of ether oxygens (including phenoxy) is 2. The van der Waals surface area contributed by atoms with Crippen molar-refractivity contribution in [1.82, 2.24) is 19.5 Å². The Kier molecular flexibility index (Phi) is 10.8. The molecule has 2 saturated heterocycles. The van der Waals surface area contributed by atoms with Crippen LogP contribution in [0.4, 0.5) is 5.82 Å². The van der Waals surface area contributed by atoms with Crippen LogP contribution < -0.4 is 16.0 Å². The summed E-state index contributed by atoms with van der Waals surface area (Å²) in [7, 11) is -16.2. The SMILES string of the molecule is NC(=S)c1ccc[n+]([C@H]2O[C@@H](COP(=O)(O)OP(=O)(O)OC[C@H]3O[C@@H](n4cnc5c(N)ncnc54)[C@H](OP(=O)(O)O)[C@@H]3O)[C@H](O)[C@@H]2O)c1. The molecule has 0 bridgehead atoms. The van der Waals surface area contributed by atoms with E-state index in [0.717, 1.165) is 17.2 Å². The van der Waals surface area contributed by atoms with E-state index in [-0.39, 0.29) is 22.0 Å². The van der Waals surface area contributed by atoms with Gasteiger partial charge < -0.3 is 55.8 Å². The summed E-state index contributed by atoms with van der Waals surface area (Å²) in [5.41, 5.74) is 11.9. The normalized spacial score (nSPS) is 30.3. The van der Waals surface area contributed by atoms with Crippen LogP contribution in [-0.2, 0) is 41.1 Å². The average Bonchev–Trinajstić information content (AvgIpc) is 3.64. The van der Waals surface area contributed by atoms with E-state index in [1.807, 2.05) is 0 Å². The quantitative estimate of drug-likeness (QED) is 0.0499. The number of pyridine rings is 1. The molecule has 23 nitrogen and oxygen atoms in total. The fraction of sp³-hybridized carbons (Fsp3) is 0.476. The van der Waals surface area contributed by atoms with Crippen LogP contribution in [0.15, 0.2) is 37.2 Å². The molecule has 2 aliphatic heterocycles. The van der Waals surface area contributed by atoms with Crippen molar-refractivity contribution in [2.45, 2.75) is 49.1 Å². The maximum Gasteiger partial charge on any atom is 0.481 e. The number of nitrogens with zero attached hydrogens (tertiary/aromatic N) is 5. The van der Waals surface area contributed by atoms with Gasteiger partial charge in [0.15, 0.2) is 36.2 Å². The molecule has 3 aromatic rings. The molecule has 5 rings (SSSR count). The minimum absolute atomic E-state index is 0.0112. The molecule has 0 aromatic carbocycles. The van der Waals surface area contributed by atoms with Crippen LogP contribution in [0.3, 0.4) is 0 Å². The highest BCUT2D eigenvalue weighted by Crippen LogP contribution is 2.61. The third-order valence-corrected chi connectivity index (χ3v) is 10.3. The summed E-state index contributed by atoms with van der Waals surface area (Å²) in [5, 5.41) is 31.6.